The quantitative estimate of drug-likeness (QED) is 0.920. The van der Waals surface area contributed by atoms with E-state index in [-0.39, 0.29) is 11.3 Å². The highest BCUT2D eigenvalue weighted by molar-refractivity contribution is 7.94. The molecular weight excluding hydrogens is 276 g/mol. The molecule has 20 heavy (non-hydrogen) atoms. The number of rotatable bonds is 4. The van der Waals surface area contributed by atoms with E-state index in [1.54, 1.807) is 6.92 Å². The number of sulfone groups is 1. The lowest BCUT2D eigenvalue weighted by Gasteiger charge is -2.00. The Morgan fingerprint density at radius 2 is 1.55 bits per heavy atom. The second-order valence-electron chi connectivity index (χ2n) is 3.23. The summed E-state index contributed by atoms with van der Waals surface area (Å²) in [6.45, 7) is 9.62. The molecule has 0 saturated heterocycles. The molecule has 1 aromatic rings. The molecule has 0 aromatic heterocycles. The summed E-state index contributed by atoms with van der Waals surface area (Å²) in [5.41, 5.74) is 0.576. The van der Waals surface area contributed by atoms with Crippen LogP contribution in [0.4, 0.5) is 0 Å². The number of carbonyl (C=O) groups is 1. The fourth-order valence-electron chi connectivity index (χ4n) is 1.23. The highest BCUT2D eigenvalue weighted by atomic mass is 32.2. The van der Waals surface area contributed by atoms with Crippen molar-refractivity contribution in [2.45, 2.75) is 45.9 Å². The van der Waals surface area contributed by atoms with Gasteiger partial charge in [0.2, 0.25) is 0 Å². The largest absolute Gasteiger partial charge is 0.481 e. The molecule has 0 saturated carbocycles. The first-order valence-corrected chi connectivity index (χ1v) is 8.19. The highest BCUT2D eigenvalue weighted by Gasteiger charge is 2.09. The van der Waals surface area contributed by atoms with Crippen LogP contribution in [0.25, 0.3) is 0 Å². The minimum atomic E-state index is -3.38. The normalized spacial score (nSPS) is 10.1. The topological polar surface area (TPSA) is 71.4 Å². The Morgan fingerprint density at radius 3 is 1.90 bits per heavy atom. The molecule has 0 spiro atoms. The second-order valence-corrected chi connectivity index (χ2v) is 5.06. The Kier molecular flexibility index (Phi) is 11.6. The SMILES string of the molecule is C/C=C/S(=O)(=O)c1ccc(CC(=O)O)cc1.CC.CC. The van der Waals surface area contributed by atoms with Gasteiger partial charge in [-0.05, 0) is 24.6 Å². The molecule has 0 radical (unpaired) electrons. The predicted octanol–water partition coefficient (Wildman–Crippen LogP) is 3.67. The van der Waals surface area contributed by atoms with Gasteiger partial charge in [-0.3, -0.25) is 4.79 Å². The van der Waals surface area contributed by atoms with Crippen molar-refractivity contribution in [2.24, 2.45) is 0 Å². The van der Waals surface area contributed by atoms with Crippen LogP contribution in [0.5, 0.6) is 0 Å². The summed E-state index contributed by atoms with van der Waals surface area (Å²) in [5.74, 6) is -0.941. The molecule has 0 aliphatic rings. The van der Waals surface area contributed by atoms with E-state index in [0.717, 1.165) is 5.41 Å². The van der Waals surface area contributed by atoms with E-state index in [9.17, 15) is 13.2 Å². The number of allylic oxidation sites excluding steroid dienone is 1. The molecule has 0 bridgehead atoms. The molecule has 0 heterocycles. The molecule has 0 aliphatic heterocycles. The van der Waals surface area contributed by atoms with Crippen molar-refractivity contribution in [3.05, 3.63) is 41.3 Å². The van der Waals surface area contributed by atoms with Crippen LogP contribution in [0.1, 0.15) is 40.2 Å². The average Bonchev–Trinajstić information content (AvgIpc) is 2.43. The molecule has 0 aliphatic carbocycles. The average molecular weight is 300 g/mol. The van der Waals surface area contributed by atoms with E-state index in [0.29, 0.717) is 5.56 Å². The first-order chi connectivity index (χ1) is 9.45. The maximum Gasteiger partial charge on any atom is 0.307 e. The fraction of sp³-hybridized carbons (Fsp3) is 0.400. The molecule has 0 unspecified atom stereocenters. The summed E-state index contributed by atoms with van der Waals surface area (Å²) in [7, 11) is -3.38. The lowest BCUT2D eigenvalue weighted by molar-refractivity contribution is -0.136. The summed E-state index contributed by atoms with van der Waals surface area (Å²) in [5, 5.41) is 9.66. The van der Waals surface area contributed by atoms with Gasteiger partial charge in [-0.15, -0.1) is 0 Å². The van der Waals surface area contributed by atoms with Crippen LogP contribution >= 0.6 is 0 Å². The Labute approximate surface area is 122 Å². The van der Waals surface area contributed by atoms with Crippen molar-refractivity contribution in [2.75, 3.05) is 0 Å². The minimum Gasteiger partial charge on any atom is -0.481 e. The first kappa shape index (κ1) is 20.7. The summed E-state index contributed by atoms with van der Waals surface area (Å²) in [6.07, 6.45) is 1.34. The van der Waals surface area contributed by atoms with Crippen molar-refractivity contribution in [1.29, 1.82) is 0 Å². The fourth-order valence-corrected chi connectivity index (χ4v) is 2.26. The zero-order chi connectivity index (χ0) is 16.2. The van der Waals surface area contributed by atoms with Crippen LogP contribution in [0.3, 0.4) is 0 Å². The van der Waals surface area contributed by atoms with E-state index in [1.165, 1.54) is 30.3 Å². The third kappa shape index (κ3) is 7.74. The van der Waals surface area contributed by atoms with Gasteiger partial charge in [-0.2, -0.15) is 0 Å². The van der Waals surface area contributed by atoms with Crippen molar-refractivity contribution in [3.63, 3.8) is 0 Å². The standard InChI is InChI=1S/C11H12O4S.2C2H6/c1-2-7-16(14,15)10-5-3-9(4-6-10)8-11(12)13;2*1-2/h2-7H,8H2,1H3,(H,12,13);2*1-2H3/b7-2+;;. The van der Waals surface area contributed by atoms with Crippen molar-refractivity contribution < 1.29 is 18.3 Å². The van der Waals surface area contributed by atoms with E-state index in [4.69, 9.17) is 5.11 Å². The number of hydrogen-bond acceptors (Lipinski definition) is 3. The van der Waals surface area contributed by atoms with Crippen molar-refractivity contribution in [3.8, 4) is 0 Å². The van der Waals surface area contributed by atoms with Crippen LogP contribution < -0.4 is 0 Å². The molecule has 1 aromatic carbocycles. The van der Waals surface area contributed by atoms with Gasteiger partial charge in [-0.25, -0.2) is 8.42 Å². The third-order valence-electron chi connectivity index (χ3n) is 1.92. The monoisotopic (exact) mass is 300 g/mol. The van der Waals surface area contributed by atoms with Crippen LogP contribution in [0, 0.1) is 0 Å². The number of aliphatic carboxylic acids is 1. The molecule has 1 N–H and O–H groups in total. The highest BCUT2D eigenvalue weighted by Crippen LogP contribution is 2.13. The molecule has 1 rings (SSSR count). The van der Waals surface area contributed by atoms with Gasteiger partial charge in [0.15, 0.2) is 9.84 Å². The Hall–Kier alpha value is -1.62. The van der Waals surface area contributed by atoms with Gasteiger partial charge in [0.1, 0.15) is 0 Å². The maximum atomic E-state index is 11.6. The van der Waals surface area contributed by atoms with E-state index in [2.05, 4.69) is 0 Å². The Bertz CT molecular complexity index is 499. The molecule has 4 nitrogen and oxygen atoms in total. The van der Waals surface area contributed by atoms with Crippen molar-refractivity contribution in [1.82, 2.24) is 0 Å². The molecule has 0 fully saturated rings. The lowest BCUT2D eigenvalue weighted by atomic mass is 10.2. The lowest BCUT2D eigenvalue weighted by Crippen LogP contribution is -2.01. The smallest absolute Gasteiger partial charge is 0.307 e. The van der Waals surface area contributed by atoms with Crippen LogP contribution in [-0.4, -0.2) is 19.5 Å². The first-order valence-electron chi connectivity index (χ1n) is 6.64. The second kappa shape index (κ2) is 11.2. The summed E-state index contributed by atoms with van der Waals surface area (Å²) in [4.78, 5) is 10.6. The van der Waals surface area contributed by atoms with E-state index in [1.807, 2.05) is 27.7 Å². The van der Waals surface area contributed by atoms with Gasteiger partial charge < -0.3 is 5.11 Å². The van der Waals surface area contributed by atoms with Gasteiger partial charge in [0.05, 0.1) is 11.3 Å². The van der Waals surface area contributed by atoms with Gasteiger partial charge in [-0.1, -0.05) is 45.9 Å². The van der Waals surface area contributed by atoms with E-state index >= 15 is 0 Å². The summed E-state index contributed by atoms with van der Waals surface area (Å²) < 4.78 is 23.1. The molecule has 0 atom stereocenters. The summed E-state index contributed by atoms with van der Waals surface area (Å²) in [6, 6.07) is 5.83. The molecule has 114 valence electrons. The van der Waals surface area contributed by atoms with Gasteiger partial charge in [0, 0.05) is 5.41 Å². The zero-order valence-corrected chi connectivity index (χ0v) is 13.6. The minimum absolute atomic E-state index is 0.107. The zero-order valence-electron chi connectivity index (χ0n) is 12.8. The molecule has 5 heteroatoms. The molecular formula is C15H24O4S. The Balaban J connectivity index is 0. The van der Waals surface area contributed by atoms with Crippen molar-refractivity contribution >= 4 is 15.8 Å². The third-order valence-corrected chi connectivity index (χ3v) is 3.48. The maximum absolute atomic E-state index is 11.6. The summed E-state index contributed by atoms with van der Waals surface area (Å²) >= 11 is 0. The molecule has 0 amide bonds. The number of carboxylic acids is 1. The van der Waals surface area contributed by atoms with Crippen LogP contribution in [0.2, 0.25) is 0 Å². The van der Waals surface area contributed by atoms with Crippen LogP contribution in [0.15, 0.2) is 40.6 Å². The van der Waals surface area contributed by atoms with Crippen LogP contribution in [-0.2, 0) is 21.1 Å². The van der Waals surface area contributed by atoms with Gasteiger partial charge >= 0.3 is 5.97 Å². The Morgan fingerprint density at radius 1 is 1.10 bits per heavy atom. The van der Waals surface area contributed by atoms with E-state index < -0.39 is 15.8 Å². The number of benzene rings is 1. The van der Waals surface area contributed by atoms with Gasteiger partial charge in [0.25, 0.3) is 0 Å². The number of hydrogen-bond donors (Lipinski definition) is 1. The predicted molar refractivity (Wildman–Crippen MR) is 82.5 cm³/mol. The number of carboxylic acid groups (broad SMARTS) is 1.